The highest BCUT2D eigenvalue weighted by atomic mass is 32.1. The first-order valence-corrected chi connectivity index (χ1v) is 11.1. The average molecular weight is 459 g/mol. The first-order chi connectivity index (χ1) is 16.1. The molecule has 0 aliphatic carbocycles. The Morgan fingerprint density at radius 3 is 2.33 bits per heavy atom. The van der Waals surface area contributed by atoms with Gasteiger partial charge in [-0.05, 0) is 91.9 Å². The summed E-state index contributed by atoms with van der Waals surface area (Å²) in [6.07, 6.45) is 1.78. The van der Waals surface area contributed by atoms with Crippen molar-refractivity contribution >= 4 is 23.0 Å². The quantitative estimate of drug-likeness (QED) is 0.400. The van der Waals surface area contributed by atoms with Gasteiger partial charge in [-0.25, -0.2) is 4.39 Å². The molecule has 166 valence electrons. The maximum Gasteiger partial charge on any atom is 0.174 e. The Bertz CT molecular complexity index is 1270. The van der Waals surface area contributed by atoms with Crippen LogP contribution in [0.2, 0.25) is 0 Å². The van der Waals surface area contributed by atoms with Crippen LogP contribution in [-0.2, 0) is 0 Å². The minimum atomic E-state index is -0.285. The number of ether oxygens (including phenoxy) is 1. The van der Waals surface area contributed by atoms with E-state index >= 15 is 0 Å². The van der Waals surface area contributed by atoms with E-state index in [4.69, 9.17) is 17.0 Å². The highest BCUT2D eigenvalue weighted by Gasteiger charge is 2.42. The van der Waals surface area contributed by atoms with E-state index in [9.17, 15) is 4.39 Å². The SMILES string of the molecule is COc1ccc(-n2c(C)ccc2[C@@H]2[C@H](c3ccccn3)NC(=S)N2c2ccc(F)cc2)cc1. The summed E-state index contributed by atoms with van der Waals surface area (Å²) in [5, 5.41) is 4.03. The number of halogens is 1. The van der Waals surface area contributed by atoms with Gasteiger partial charge in [-0.2, -0.15) is 0 Å². The number of pyridine rings is 1. The fraction of sp³-hybridized carbons (Fsp3) is 0.154. The van der Waals surface area contributed by atoms with Crippen LogP contribution in [0.4, 0.5) is 10.1 Å². The fourth-order valence-electron chi connectivity index (χ4n) is 4.41. The summed E-state index contributed by atoms with van der Waals surface area (Å²) in [6, 6.07) is 24.1. The molecule has 0 unspecified atom stereocenters. The Hall–Kier alpha value is -3.71. The minimum absolute atomic E-state index is 0.185. The summed E-state index contributed by atoms with van der Waals surface area (Å²) in [5.74, 6) is 0.514. The van der Waals surface area contributed by atoms with Crippen molar-refractivity contribution in [1.82, 2.24) is 14.9 Å². The van der Waals surface area contributed by atoms with Gasteiger partial charge in [0.1, 0.15) is 17.6 Å². The van der Waals surface area contributed by atoms with Crippen molar-refractivity contribution < 1.29 is 9.13 Å². The molecule has 1 fully saturated rings. The highest BCUT2D eigenvalue weighted by molar-refractivity contribution is 7.80. The number of benzene rings is 2. The summed E-state index contributed by atoms with van der Waals surface area (Å²) in [5.41, 5.74) is 4.86. The lowest BCUT2D eigenvalue weighted by atomic mass is 10.0. The summed E-state index contributed by atoms with van der Waals surface area (Å²) in [4.78, 5) is 6.66. The van der Waals surface area contributed by atoms with Gasteiger partial charge < -0.3 is 19.5 Å². The summed E-state index contributed by atoms with van der Waals surface area (Å²) < 4.78 is 21.2. The van der Waals surface area contributed by atoms with E-state index in [-0.39, 0.29) is 17.9 Å². The molecule has 1 N–H and O–H groups in total. The van der Waals surface area contributed by atoms with Gasteiger partial charge in [-0.3, -0.25) is 4.98 Å². The van der Waals surface area contributed by atoms with Crippen molar-refractivity contribution in [3.63, 3.8) is 0 Å². The molecule has 7 heteroatoms. The monoisotopic (exact) mass is 458 g/mol. The molecule has 1 aliphatic heterocycles. The van der Waals surface area contributed by atoms with E-state index in [0.29, 0.717) is 5.11 Å². The molecule has 5 rings (SSSR count). The van der Waals surface area contributed by atoms with Crippen molar-refractivity contribution in [3.8, 4) is 11.4 Å². The molecule has 2 aromatic heterocycles. The predicted octanol–water partition coefficient (Wildman–Crippen LogP) is 5.51. The number of aryl methyl sites for hydroxylation is 1. The maximum absolute atomic E-state index is 13.7. The van der Waals surface area contributed by atoms with Gasteiger partial charge in [0.2, 0.25) is 0 Å². The van der Waals surface area contributed by atoms with Crippen LogP contribution < -0.4 is 15.0 Å². The fourth-order valence-corrected chi connectivity index (χ4v) is 4.75. The van der Waals surface area contributed by atoms with Crippen molar-refractivity contribution in [2.75, 3.05) is 12.0 Å². The van der Waals surface area contributed by atoms with Crippen molar-refractivity contribution in [2.45, 2.75) is 19.0 Å². The molecule has 0 bridgehead atoms. The van der Waals surface area contributed by atoms with Crippen LogP contribution in [0.3, 0.4) is 0 Å². The molecule has 0 spiro atoms. The molecular formula is C26H23FN4OS. The maximum atomic E-state index is 13.7. The number of thiocarbonyl (C=S) groups is 1. The summed E-state index contributed by atoms with van der Waals surface area (Å²) in [6.45, 7) is 2.08. The van der Waals surface area contributed by atoms with E-state index in [1.165, 1.54) is 12.1 Å². The van der Waals surface area contributed by atoms with Gasteiger partial charge in [0, 0.05) is 29.0 Å². The third-order valence-corrected chi connectivity index (χ3v) is 6.26. The first-order valence-electron chi connectivity index (χ1n) is 10.7. The van der Waals surface area contributed by atoms with Crippen LogP contribution in [0.1, 0.15) is 29.2 Å². The Morgan fingerprint density at radius 1 is 0.939 bits per heavy atom. The smallest absolute Gasteiger partial charge is 0.174 e. The van der Waals surface area contributed by atoms with Crippen molar-refractivity contribution in [3.05, 3.63) is 108 Å². The second-order valence-electron chi connectivity index (χ2n) is 7.91. The number of hydrogen-bond acceptors (Lipinski definition) is 3. The van der Waals surface area contributed by atoms with Crippen LogP contribution in [0.5, 0.6) is 5.75 Å². The van der Waals surface area contributed by atoms with Gasteiger partial charge >= 0.3 is 0 Å². The molecule has 33 heavy (non-hydrogen) atoms. The summed E-state index contributed by atoms with van der Waals surface area (Å²) in [7, 11) is 1.66. The van der Waals surface area contributed by atoms with Gasteiger partial charge in [0.25, 0.3) is 0 Å². The molecule has 5 nitrogen and oxygen atoms in total. The van der Waals surface area contributed by atoms with Crippen LogP contribution in [0, 0.1) is 12.7 Å². The number of hydrogen-bond donors (Lipinski definition) is 1. The van der Waals surface area contributed by atoms with Gasteiger partial charge in [0.05, 0.1) is 18.8 Å². The Balaban J connectivity index is 1.67. The zero-order chi connectivity index (χ0) is 22.9. The molecule has 2 atom stereocenters. The lowest BCUT2D eigenvalue weighted by Gasteiger charge is -2.29. The predicted molar refractivity (Wildman–Crippen MR) is 131 cm³/mol. The average Bonchev–Trinajstić information content (AvgIpc) is 3.39. The topological polar surface area (TPSA) is 42.3 Å². The lowest BCUT2D eigenvalue weighted by Crippen LogP contribution is -2.30. The van der Waals surface area contributed by atoms with Crippen LogP contribution in [0.25, 0.3) is 5.69 Å². The molecule has 0 radical (unpaired) electrons. The molecule has 0 saturated carbocycles. The second kappa shape index (κ2) is 8.67. The summed E-state index contributed by atoms with van der Waals surface area (Å²) >= 11 is 5.78. The second-order valence-corrected chi connectivity index (χ2v) is 8.29. The molecule has 1 saturated heterocycles. The molecule has 1 aliphatic rings. The molecule has 3 heterocycles. The molecule has 4 aromatic rings. The largest absolute Gasteiger partial charge is 0.497 e. The van der Waals surface area contributed by atoms with E-state index in [1.54, 1.807) is 25.4 Å². The van der Waals surface area contributed by atoms with Crippen LogP contribution >= 0.6 is 12.2 Å². The Labute approximate surface area is 197 Å². The Kier molecular flexibility index (Phi) is 5.56. The Morgan fingerprint density at radius 2 is 1.67 bits per heavy atom. The van der Waals surface area contributed by atoms with Crippen molar-refractivity contribution in [2.24, 2.45) is 0 Å². The number of aromatic nitrogens is 2. The van der Waals surface area contributed by atoms with Gasteiger partial charge in [-0.1, -0.05) is 6.07 Å². The van der Waals surface area contributed by atoms with E-state index in [0.717, 1.165) is 34.2 Å². The zero-order valence-electron chi connectivity index (χ0n) is 18.3. The van der Waals surface area contributed by atoms with Crippen LogP contribution in [-0.4, -0.2) is 21.8 Å². The number of nitrogens with zero attached hydrogens (tertiary/aromatic N) is 3. The standard InChI is InChI=1S/C26H23FN4OS/c1-17-6-15-23(30(17)19-11-13-21(32-2)14-12-19)25-24(22-5-3-4-16-28-22)29-26(33)31(25)20-9-7-18(27)8-10-20/h3-16,24-25H,1-2H3,(H,29,33)/t24-,25+/m0/s1. The third kappa shape index (κ3) is 3.85. The molecule has 0 amide bonds. The number of anilines is 1. The van der Waals surface area contributed by atoms with E-state index in [1.807, 2.05) is 47.4 Å². The number of nitrogens with one attached hydrogen (secondary N) is 1. The number of methoxy groups -OCH3 is 1. The normalized spacial score (nSPS) is 17.8. The highest BCUT2D eigenvalue weighted by Crippen LogP contribution is 2.42. The van der Waals surface area contributed by atoms with Gasteiger partial charge in [0.15, 0.2) is 5.11 Å². The first kappa shape index (κ1) is 21.2. The molecule has 2 aromatic carbocycles. The minimum Gasteiger partial charge on any atom is -0.497 e. The van der Waals surface area contributed by atoms with E-state index < -0.39 is 0 Å². The lowest BCUT2D eigenvalue weighted by molar-refractivity contribution is 0.414. The third-order valence-electron chi connectivity index (χ3n) is 5.94. The van der Waals surface area contributed by atoms with Crippen LogP contribution in [0.15, 0.2) is 85.1 Å². The van der Waals surface area contributed by atoms with Crippen molar-refractivity contribution in [1.29, 1.82) is 0 Å². The van der Waals surface area contributed by atoms with Gasteiger partial charge in [-0.15, -0.1) is 0 Å². The zero-order valence-corrected chi connectivity index (χ0v) is 19.1. The van der Waals surface area contributed by atoms with E-state index in [2.05, 4.69) is 33.9 Å². The number of rotatable bonds is 5. The molecular weight excluding hydrogens is 435 g/mol.